The lowest BCUT2D eigenvalue weighted by molar-refractivity contribution is -0.142. The van der Waals surface area contributed by atoms with Crippen molar-refractivity contribution >= 4 is 35.6 Å². The fraction of sp³-hybridized carbons (Fsp3) is 0.625. The lowest BCUT2D eigenvalue weighted by Gasteiger charge is -2.25. The van der Waals surface area contributed by atoms with Gasteiger partial charge in [0, 0.05) is 6.42 Å². The molecule has 0 heterocycles. The molecule has 0 radical (unpaired) electrons. The number of carbonyl (C=O) groups excluding carboxylic acids is 3. The maximum Gasteiger partial charge on any atom is 0.322 e. The highest BCUT2D eigenvalue weighted by Crippen LogP contribution is 2.05. The quantitative estimate of drug-likeness (QED) is 0.166. The first kappa shape index (κ1) is 25.8. The van der Waals surface area contributed by atoms with E-state index in [4.69, 9.17) is 21.1 Å². The molecule has 3 amide bonds. The molecule has 13 heteroatoms. The Kier molecular flexibility index (Phi) is 10.9. The van der Waals surface area contributed by atoms with Gasteiger partial charge in [-0.05, 0) is 12.3 Å². The van der Waals surface area contributed by atoms with Crippen LogP contribution in [0.25, 0.3) is 0 Å². The van der Waals surface area contributed by atoms with Gasteiger partial charge in [-0.15, -0.1) is 0 Å². The average Bonchev–Trinajstić information content (AvgIpc) is 2.60. The lowest BCUT2D eigenvalue weighted by atomic mass is 10.0. The van der Waals surface area contributed by atoms with Crippen LogP contribution in [-0.2, 0) is 28.8 Å². The van der Waals surface area contributed by atoms with Crippen molar-refractivity contribution in [3.63, 3.8) is 0 Å². The first-order chi connectivity index (χ1) is 13.3. The van der Waals surface area contributed by atoms with E-state index in [1.807, 2.05) is 5.32 Å². The average molecular weight is 418 g/mol. The van der Waals surface area contributed by atoms with Crippen LogP contribution in [0.3, 0.4) is 0 Å². The second-order valence-corrected chi connectivity index (χ2v) is 6.54. The fourth-order valence-electron chi connectivity index (χ4n) is 2.14. The summed E-state index contributed by atoms with van der Waals surface area (Å²) in [7, 11) is 0. The number of aliphatic carboxylic acids is 3. The van der Waals surface area contributed by atoms with E-state index in [-0.39, 0.29) is 12.8 Å². The van der Waals surface area contributed by atoms with E-state index in [1.165, 1.54) is 0 Å². The van der Waals surface area contributed by atoms with Gasteiger partial charge < -0.3 is 37.0 Å². The number of amides is 3. The smallest absolute Gasteiger partial charge is 0.322 e. The topological polar surface area (TPSA) is 225 Å². The monoisotopic (exact) mass is 418 g/mol. The number of carboxylic acid groups (broad SMARTS) is 3. The molecule has 0 unspecified atom stereocenters. The maximum atomic E-state index is 12.5. The highest BCUT2D eigenvalue weighted by Gasteiger charge is 2.31. The third kappa shape index (κ3) is 10.6. The van der Waals surface area contributed by atoms with Crippen molar-refractivity contribution < 1.29 is 44.1 Å². The van der Waals surface area contributed by atoms with Crippen molar-refractivity contribution in [2.45, 2.75) is 51.2 Å². The Morgan fingerprint density at radius 2 is 1.41 bits per heavy atom. The third-order valence-corrected chi connectivity index (χ3v) is 3.68. The Morgan fingerprint density at radius 1 is 0.828 bits per heavy atom. The molecule has 0 spiro atoms. The second-order valence-electron chi connectivity index (χ2n) is 6.54. The molecule has 0 aliphatic heterocycles. The van der Waals surface area contributed by atoms with Crippen molar-refractivity contribution in [3.05, 3.63) is 0 Å². The van der Waals surface area contributed by atoms with Crippen molar-refractivity contribution in [1.82, 2.24) is 16.0 Å². The molecule has 0 saturated heterocycles. The summed E-state index contributed by atoms with van der Waals surface area (Å²) >= 11 is 0. The zero-order valence-corrected chi connectivity index (χ0v) is 16.0. The Hall–Kier alpha value is -3.22. The molecule has 0 rings (SSSR count). The van der Waals surface area contributed by atoms with Gasteiger partial charge in [-0.2, -0.15) is 0 Å². The van der Waals surface area contributed by atoms with Crippen LogP contribution in [0.2, 0.25) is 0 Å². The summed E-state index contributed by atoms with van der Waals surface area (Å²) in [6.07, 6.45) is -1.32. The number of carbonyl (C=O) groups is 6. The summed E-state index contributed by atoms with van der Waals surface area (Å²) in [6.45, 7) is 2.38. The molecule has 3 atom stereocenters. The summed E-state index contributed by atoms with van der Waals surface area (Å²) in [4.78, 5) is 68.6. The molecule has 0 aromatic heterocycles. The number of nitrogens with two attached hydrogens (primary N) is 1. The van der Waals surface area contributed by atoms with E-state index in [2.05, 4.69) is 10.6 Å². The predicted molar refractivity (Wildman–Crippen MR) is 96.4 cm³/mol. The van der Waals surface area contributed by atoms with Crippen LogP contribution in [0.5, 0.6) is 0 Å². The zero-order chi connectivity index (χ0) is 22.7. The van der Waals surface area contributed by atoms with Gasteiger partial charge in [0.15, 0.2) is 0 Å². The molecule has 8 N–H and O–H groups in total. The van der Waals surface area contributed by atoms with E-state index >= 15 is 0 Å². The first-order valence-electron chi connectivity index (χ1n) is 8.64. The molecular formula is C16H26N4O9. The standard InChI is InChI=1S/C16H26N4O9/c1-7(2)13(20-14(27)8(17)3-4-10(21)22)16(29)19-9(5-11(23)24)15(28)18-6-12(25)26/h7-9,13H,3-6,17H2,1-2H3,(H,18,28)(H,19,29)(H,20,27)(H,21,22)(H,23,24)(H,25,26)/t8-,9-,13-/m0/s1. The van der Waals surface area contributed by atoms with Gasteiger partial charge in [-0.1, -0.05) is 13.8 Å². The van der Waals surface area contributed by atoms with Crippen LogP contribution in [0.15, 0.2) is 0 Å². The molecule has 0 aliphatic carbocycles. The van der Waals surface area contributed by atoms with E-state index in [0.29, 0.717) is 0 Å². The largest absolute Gasteiger partial charge is 0.481 e. The number of hydrogen-bond donors (Lipinski definition) is 7. The van der Waals surface area contributed by atoms with Crippen LogP contribution in [0.1, 0.15) is 33.1 Å². The van der Waals surface area contributed by atoms with Gasteiger partial charge in [-0.25, -0.2) is 0 Å². The first-order valence-corrected chi connectivity index (χ1v) is 8.64. The summed E-state index contributed by atoms with van der Waals surface area (Å²) in [5.74, 6) is -7.09. The highest BCUT2D eigenvalue weighted by molar-refractivity contribution is 5.95. The molecule has 0 saturated carbocycles. The third-order valence-electron chi connectivity index (χ3n) is 3.68. The van der Waals surface area contributed by atoms with E-state index in [0.717, 1.165) is 0 Å². The van der Waals surface area contributed by atoms with Crippen LogP contribution in [-0.4, -0.2) is 75.6 Å². The molecule has 0 aromatic rings. The normalized spacial score (nSPS) is 13.7. The summed E-state index contributed by atoms with van der Waals surface area (Å²) in [5, 5.41) is 32.6. The molecule has 0 fully saturated rings. The molecule has 0 aromatic carbocycles. The molecular weight excluding hydrogens is 392 g/mol. The van der Waals surface area contributed by atoms with Gasteiger partial charge in [0.1, 0.15) is 18.6 Å². The SMILES string of the molecule is CC(C)[C@H](NC(=O)[C@@H](N)CCC(=O)O)C(=O)N[C@@H](CC(=O)O)C(=O)NCC(=O)O. The summed E-state index contributed by atoms with van der Waals surface area (Å²) < 4.78 is 0. The second kappa shape index (κ2) is 12.3. The highest BCUT2D eigenvalue weighted by atomic mass is 16.4. The Labute approximate surface area is 166 Å². The summed E-state index contributed by atoms with van der Waals surface area (Å²) in [5.41, 5.74) is 5.59. The number of hydrogen-bond acceptors (Lipinski definition) is 7. The van der Waals surface area contributed by atoms with Crippen molar-refractivity contribution in [2.75, 3.05) is 6.54 Å². The molecule has 13 nitrogen and oxygen atoms in total. The van der Waals surface area contributed by atoms with E-state index < -0.39 is 72.6 Å². The lowest BCUT2D eigenvalue weighted by Crippen LogP contribution is -2.58. The maximum absolute atomic E-state index is 12.5. The van der Waals surface area contributed by atoms with Crippen molar-refractivity contribution in [2.24, 2.45) is 11.7 Å². The Morgan fingerprint density at radius 3 is 1.86 bits per heavy atom. The number of nitrogens with one attached hydrogen (secondary N) is 3. The number of carboxylic acids is 3. The van der Waals surface area contributed by atoms with Crippen molar-refractivity contribution in [1.29, 1.82) is 0 Å². The van der Waals surface area contributed by atoms with Gasteiger partial charge in [0.2, 0.25) is 17.7 Å². The van der Waals surface area contributed by atoms with Crippen LogP contribution in [0.4, 0.5) is 0 Å². The van der Waals surface area contributed by atoms with Gasteiger partial charge >= 0.3 is 17.9 Å². The Bertz CT molecular complexity index is 650. The predicted octanol–water partition coefficient (Wildman–Crippen LogP) is -2.52. The van der Waals surface area contributed by atoms with Crippen LogP contribution in [0, 0.1) is 5.92 Å². The van der Waals surface area contributed by atoms with E-state index in [1.54, 1.807) is 13.8 Å². The minimum atomic E-state index is -1.57. The molecule has 0 bridgehead atoms. The molecule has 164 valence electrons. The Balaban J connectivity index is 5.15. The molecule has 0 aliphatic rings. The van der Waals surface area contributed by atoms with Gasteiger partial charge in [0.05, 0.1) is 12.5 Å². The van der Waals surface area contributed by atoms with Gasteiger partial charge in [-0.3, -0.25) is 28.8 Å². The van der Waals surface area contributed by atoms with Crippen LogP contribution >= 0.6 is 0 Å². The number of rotatable bonds is 13. The zero-order valence-electron chi connectivity index (χ0n) is 16.0. The van der Waals surface area contributed by atoms with Crippen molar-refractivity contribution in [3.8, 4) is 0 Å². The fourth-order valence-corrected chi connectivity index (χ4v) is 2.14. The minimum absolute atomic E-state index is 0.160. The van der Waals surface area contributed by atoms with Crippen LogP contribution < -0.4 is 21.7 Å². The minimum Gasteiger partial charge on any atom is -0.481 e. The van der Waals surface area contributed by atoms with E-state index in [9.17, 15) is 28.8 Å². The summed E-state index contributed by atoms with van der Waals surface area (Å²) in [6, 6.07) is -3.95. The molecule has 29 heavy (non-hydrogen) atoms. The van der Waals surface area contributed by atoms with Gasteiger partial charge in [0.25, 0.3) is 0 Å².